The fourth-order valence-electron chi connectivity index (χ4n) is 2.73. The van der Waals surface area contributed by atoms with Crippen molar-refractivity contribution in [2.24, 2.45) is 5.92 Å². The van der Waals surface area contributed by atoms with Gasteiger partial charge in [0.25, 0.3) is 0 Å². The van der Waals surface area contributed by atoms with E-state index in [0.29, 0.717) is 5.92 Å². The molecule has 0 aromatic heterocycles. The smallest absolute Gasteiger partial charge is 0.121 e. The van der Waals surface area contributed by atoms with Crippen LogP contribution in [0.5, 0.6) is 5.75 Å². The molecule has 1 aromatic rings. The molecule has 1 aromatic carbocycles. The molecule has 1 saturated heterocycles. The molecule has 0 saturated carbocycles. The summed E-state index contributed by atoms with van der Waals surface area (Å²) in [5, 5.41) is 3.60. The van der Waals surface area contributed by atoms with Crippen molar-refractivity contribution in [3.8, 4) is 5.75 Å². The first kappa shape index (κ1) is 15.3. The molecule has 0 bridgehead atoms. The van der Waals surface area contributed by atoms with Crippen LogP contribution in [0, 0.1) is 12.8 Å². The standard InChI is InChI=1S/C17H27NO2/c1-12-10-13(6-7-15(12)19-5)16-14(8-9-20-16)11-18-17(2,3)4/h6-7,10,14,16,18H,8-9,11H2,1-5H3. The maximum atomic E-state index is 5.96. The number of benzene rings is 1. The van der Waals surface area contributed by atoms with Crippen molar-refractivity contribution < 1.29 is 9.47 Å². The van der Waals surface area contributed by atoms with Gasteiger partial charge in [-0.3, -0.25) is 0 Å². The van der Waals surface area contributed by atoms with Crippen LogP contribution in [0.15, 0.2) is 18.2 Å². The lowest BCUT2D eigenvalue weighted by atomic mass is 9.93. The van der Waals surface area contributed by atoms with E-state index in [4.69, 9.17) is 9.47 Å². The van der Waals surface area contributed by atoms with Gasteiger partial charge in [0.1, 0.15) is 5.75 Å². The summed E-state index contributed by atoms with van der Waals surface area (Å²) in [7, 11) is 1.71. The minimum Gasteiger partial charge on any atom is -0.496 e. The van der Waals surface area contributed by atoms with E-state index in [1.165, 1.54) is 11.1 Å². The van der Waals surface area contributed by atoms with E-state index in [1.807, 2.05) is 6.07 Å². The molecule has 1 aliphatic rings. The molecular weight excluding hydrogens is 250 g/mol. The van der Waals surface area contributed by atoms with Crippen molar-refractivity contribution in [2.45, 2.75) is 45.8 Å². The van der Waals surface area contributed by atoms with Crippen LogP contribution in [0.25, 0.3) is 0 Å². The van der Waals surface area contributed by atoms with Gasteiger partial charge in [0, 0.05) is 24.6 Å². The summed E-state index contributed by atoms with van der Waals surface area (Å²) in [6.07, 6.45) is 1.33. The first-order chi connectivity index (χ1) is 9.40. The van der Waals surface area contributed by atoms with Crippen LogP contribution >= 0.6 is 0 Å². The zero-order valence-corrected chi connectivity index (χ0v) is 13.3. The molecule has 1 N–H and O–H groups in total. The SMILES string of the molecule is COc1ccc(C2OCCC2CNC(C)(C)C)cc1C. The van der Waals surface area contributed by atoms with Crippen molar-refractivity contribution in [3.63, 3.8) is 0 Å². The lowest BCUT2D eigenvalue weighted by Crippen LogP contribution is -2.39. The normalized spacial score (nSPS) is 23.1. The monoisotopic (exact) mass is 277 g/mol. The highest BCUT2D eigenvalue weighted by Gasteiger charge is 2.30. The average molecular weight is 277 g/mol. The van der Waals surface area contributed by atoms with Gasteiger partial charge in [-0.15, -0.1) is 0 Å². The third kappa shape index (κ3) is 3.74. The third-order valence-electron chi connectivity index (χ3n) is 3.86. The van der Waals surface area contributed by atoms with E-state index in [1.54, 1.807) is 7.11 Å². The lowest BCUT2D eigenvalue weighted by Gasteiger charge is -2.26. The molecule has 0 spiro atoms. The number of hydrogen-bond donors (Lipinski definition) is 1. The molecule has 0 amide bonds. The quantitative estimate of drug-likeness (QED) is 0.914. The van der Waals surface area contributed by atoms with Crippen LogP contribution in [0.1, 0.15) is 44.4 Å². The predicted octanol–water partition coefficient (Wildman–Crippen LogP) is 3.47. The number of methoxy groups -OCH3 is 1. The Bertz CT molecular complexity index is 451. The van der Waals surface area contributed by atoms with E-state index in [-0.39, 0.29) is 11.6 Å². The predicted molar refractivity (Wildman–Crippen MR) is 82.3 cm³/mol. The maximum absolute atomic E-state index is 5.96. The van der Waals surface area contributed by atoms with Gasteiger partial charge in [-0.2, -0.15) is 0 Å². The Labute approximate surface area is 122 Å². The van der Waals surface area contributed by atoms with Crippen LogP contribution in [0.2, 0.25) is 0 Å². The second-order valence-corrected chi connectivity index (χ2v) is 6.70. The summed E-state index contributed by atoms with van der Waals surface area (Å²) in [6.45, 7) is 10.5. The van der Waals surface area contributed by atoms with E-state index >= 15 is 0 Å². The summed E-state index contributed by atoms with van der Waals surface area (Å²) in [4.78, 5) is 0. The van der Waals surface area contributed by atoms with Gasteiger partial charge >= 0.3 is 0 Å². The second-order valence-electron chi connectivity index (χ2n) is 6.70. The Morgan fingerprint density at radius 1 is 1.35 bits per heavy atom. The van der Waals surface area contributed by atoms with Crippen molar-refractivity contribution in [1.29, 1.82) is 0 Å². The first-order valence-corrected chi connectivity index (χ1v) is 7.42. The van der Waals surface area contributed by atoms with Gasteiger partial charge in [-0.05, 0) is 57.4 Å². The van der Waals surface area contributed by atoms with Gasteiger partial charge < -0.3 is 14.8 Å². The summed E-state index contributed by atoms with van der Waals surface area (Å²) >= 11 is 0. The van der Waals surface area contributed by atoms with Gasteiger partial charge in [-0.1, -0.05) is 6.07 Å². The summed E-state index contributed by atoms with van der Waals surface area (Å²) in [5.74, 6) is 1.48. The van der Waals surface area contributed by atoms with Gasteiger partial charge in [-0.25, -0.2) is 0 Å². The Morgan fingerprint density at radius 2 is 2.10 bits per heavy atom. The fraction of sp³-hybridized carbons (Fsp3) is 0.647. The highest BCUT2D eigenvalue weighted by Crippen LogP contribution is 2.36. The van der Waals surface area contributed by atoms with E-state index in [9.17, 15) is 0 Å². The Balaban J connectivity index is 2.08. The zero-order chi connectivity index (χ0) is 14.8. The molecule has 3 nitrogen and oxygen atoms in total. The van der Waals surface area contributed by atoms with E-state index in [2.05, 4.69) is 45.1 Å². The van der Waals surface area contributed by atoms with Gasteiger partial charge in [0.2, 0.25) is 0 Å². The molecule has 0 aliphatic carbocycles. The largest absolute Gasteiger partial charge is 0.496 e. The van der Waals surface area contributed by atoms with Crippen LogP contribution in [-0.4, -0.2) is 25.8 Å². The number of ether oxygens (including phenoxy) is 2. The van der Waals surface area contributed by atoms with E-state index in [0.717, 1.165) is 25.3 Å². The molecule has 1 heterocycles. The lowest BCUT2D eigenvalue weighted by molar-refractivity contribution is 0.0888. The topological polar surface area (TPSA) is 30.5 Å². The summed E-state index contributed by atoms with van der Waals surface area (Å²) in [6, 6.07) is 6.37. The minimum atomic E-state index is 0.156. The van der Waals surface area contributed by atoms with E-state index < -0.39 is 0 Å². The molecule has 2 unspecified atom stereocenters. The highest BCUT2D eigenvalue weighted by atomic mass is 16.5. The zero-order valence-electron chi connectivity index (χ0n) is 13.3. The van der Waals surface area contributed by atoms with Crippen LogP contribution in [0.4, 0.5) is 0 Å². The first-order valence-electron chi connectivity index (χ1n) is 7.42. The van der Waals surface area contributed by atoms with Crippen molar-refractivity contribution >= 4 is 0 Å². The van der Waals surface area contributed by atoms with Crippen LogP contribution in [0.3, 0.4) is 0 Å². The Morgan fingerprint density at radius 3 is 2.70 bits per heavy atom. The van der Waals surface area contributed by atoms with Crippen molar-refractivity contribution in [3.05, 3.63) is 29.3 Å². The molecule has 3 heteroatoms. The van der Waals surface area contributed by atoms with Crippen molar-refractivity contribution in [2.75, 3.05) is 20.3 Å². The molecule has 112 valence electrons. The van der Waals surface area contributed by atoms with Crippen LogP contribution in [-0.2, 0) is 4.74 Å². The Kier molecular flexibility index (Phi) is 4.71. The Hall–Kier alpha value is -1.06. The van der Waals surface area contributed by atoms with Gasteiger partial charge in [0.05, 0.1) is 13.2 Å². The van der Waals surface area contributed by atoms with Gasteiger partial charge in [0.15, 0.2) is 0 Å². The molecule has 0 radical (unpaired) electrons. The summed E-state index contributed by atoms with van der Waals surface area (Å²) < 4.78 is 11.3. The molecule has 2 rings (SSSR count). The maximum Gasteiger partial charge on any atom is 0.121 e. The number of hydrogen-bond acceptors (Lipinski definition) is 3. The number of rotatable bonds is 4. The molecule has 1 aliphatic heterocycles. The number of nitrogens with one attached hydrogen (secondary N) is 1. The minimum absolute atomic E-state index is 0.156. The summed E-state index contributed by atoms with van der Waals surface area (Å²) in [5.41, 5.74) is 2.59. The second kappa shape index (κ2) is 6.15. The highest BCUT2D eigenvalue weighted by molar-refractivity contribution is 5.37. The molecule has 2 atom stereocenters. The number of aryl methyl sites for hydroxylation is 1. The molecule has 1 fully saturated rings. The third-order valence-corrected chi connectivity index (χ3v) is 3.86. The van der Waals surface area contributed by atoms with Crippen molar-refractivity contribution in [1.82, 2.24) is 5.32 Å². The average Bonchev–Trinajstić information content (AvgIpc) is 2.83. The fourth-order valence-corrected chi connectivity index (χ4v) is 2.73. The molecule has 20 heavy (non-hydrogen) atoms. The van der Waals surface area contributed by atoms with Crippen LogP contribution < -0.4 is 10.1 Å². The molecular formula is C17H27NO2.